The maximum atomic E-state index is 12.7. The second-order valence-corrected chi connectivity index (χ2v) is 7.94. The third kappa shape index (κ3) is 6.38. The summed E-state index contributed by atoms with van der Waals surface area (Å²) in [6.45, 7) is 0.132. The van der Waals surface area contributed by atoms with E-state index in [0.29, 0.717) is 0 Å². The summed E-state index contributed by atoms with van der Waals surface area (Å²) in [5.41, 5.74) is 0.964. The molecule has 3 rings (SSSR count). The number of anilines is 1. The van der Waals surface area contributed by atoms with Gasteiger partial charge in [-0.2, -0.15) is 8.78 Å². The quantitative estimate of drug-likeness (QED) is 0.406. The molecule has 0 radical (unpaired) electrons. The molecule has 1 heterocycles. The summed E-state index contributed by atoms with van der Waals surface area (Å²) in [6, 6.07) is 15.9. The van der Waals surface area contributed by atoms with Crippen molar-refractivity contribution in [3.63, 3.8) is 0 Å². The van der Waals surface area contributed by atoms with Crippen molar-refractivity contribution < 1.29 is 37.4 Å². The van der Waals surface area contributed by atoms with Crippen LogP contribution in [-0.2, 0) is 14.3 Å². The van der Waals surface area contributed by atoms with Crippen molar-refractivity contribution >= 4 is 34.2 Å². The summed E-state index contributed by atoms with van der Waals surface area (Å²) in [6.07, 6.45) is -1.25. The predicted molar refractivity (Wildman–Crippen MR) is 122 cm³/mol. The second-order valence-electron chi connectivity index (χ2n) is 6.88. The minimum Gasteiger partial charge on any atom is -0.462 e. The van der Waals surface area contributed by atoms with Crippen molar-refractivity contribution in [2.24, 2.45) is 0 Å². The minimum absolute atomic E-state index is 0.0625. The highest BCUT2D eigenvalue weighted by molar-refractivity contribution is 7.20. The van der Waals surface area contributed by atoms with E-state index in [1.165, 1.54) is 36.5 Å². The van der Waals surface area contributed by atoms with E-state index in [1.807, 2.05) is 30.3 Å². The molecule has 1 amide bonds. The Kier molecular flexibility index (Phi) is 8.31. The van der Waals surface area contributed by atoms with E-state index in [2.05, 4.69) is 10.1 Å². The van der Waals surface area contributed by atoms with Crippen molar-refractivity contribution in [1.29, 1.82) is 0 Å². The van der Waals surface area contributed by atoms with Crippen LogP contribution in [-0.4, -0.2) is 37.2 Å². The van der Waals surface area contributed by atoms with E-state index in [4.69, 9.17) is 9.47 Å². The van der Waals surface area contributed by atoms with Crippen molar-refractivity contribution in [2.45, 2.75) is 26.6 Å². The van der Waals surface area contributed by atoms with Gasteiger partial charge in [0.2, 0.25) is 0 Å². The molecule has 1 aromatic heterocycles. The highest BCUT2D eigenvalue weighted by Crippen LogP contribution is 2.36. The Bertz CT molecular complexity index is 1170. The van der Waals surface area contributed by atoms with Gasteiger partial charge in [-0.15, -0.1) is 11.3 Å². The first-order valence-electron chi connectivity index (χ1n) is 10.2. The van der Waals surface area contributed by atoms with Gasteiger partial charge in [0.15, 0.2) is 6.10 Å². The van der Waals surface area contributed by atoms with Crippen LogP contribution < -0.4 is 10.1 Å². The lowest BCUT2D eigenvalue weighted by molar-refractivity contribution is -0.123. The van der Waals surface area contributed by atoms with Gasteiger partial charge in [-0.25, -0.2) is 9.59 Å². The van der Waals surface area contributed by atoms with Crippen LogP contribution in [0.25, 0.3) is 10.4 Å². The Hall–Kier alpha value is -3.79. The number of amides is 1. The second kappa shape index (κ2) is 11.4. The van der Waals surface area contributed by atoms with Crippen LogP contribution in [0.4, 0.5) is 13.8 Å². The number of ether oxygens (including phenoxy) is 3. The molecule has 178 valence electrons. The highest BCUT2D eigenvalue weighted by atomic mass is 32.1. The third-order valence-corrected chi connectivity index (χ3v) is 5.57. The van der Waals surface area contributed by atoms with E-state index in [9.17, 15) is 23.2 Å². The maximum Gasteiger partial charge on any atom is 0.387 e. The number of halogens is 2. The maximum absolute atomic E-state index is 12.7. The van der Waals surface area contributed by atoms with E-state index in [0.717, 1.165) is 16.5 Å². The highest BCUT2D eigenvalue weighted by Gasteiger charge is 2.24. The lowest BCUT2D eigenvalue weighted by atomic mass is 10.1. The van der Waals surface area contributed by atoms with Crippen LogP contribution in [0.5, 0.6) is 5.75 Å². The van der Waals surface area contributed by atoms with Crippen molar-refractivity contribution in [1.82, 2.24) is 0 Å². The number of carbonyl (C=O) groups excluding carboxylic acids is 3. The molecular weight excluding hydrogens is 468 g/mol. The SMILES string of the molecule is CCOC(=O)c1cc(-c2ccccc2)sc1NC(=O)[C@@H](C)OC(=O)c1cccc(OC(F)F)c1. The van der Waals surface area contributed by atoms with Gasteiger partial charge in [0.1, 0.15) is 10.8 Å². The van der Waals surface area contributed by atoms with Gasteiger partial charge in [-0.3, -0.25) is 4.79 Å². The smallest absolute Gasteiger partial charge is 0.387 e. The summed E-state index contributed by atoms with van der Waals surface area (Å²) in [5.74, 6) is -2.39. The number of esters is 2. The number of alkyl halides is 2. The summed E-state index contributed by atoms with van der Waals surface area (Å²) >= 11 is 1.17. The van der Waals surface area contributed by atoms with Gasteiger partial charge < -0.3 is 19.5 Å². The summed E-state index contributed by atoms with van der Waals surface area (Å²) in [7, 11) is 0. The van der Waals surface area contributed by atoms with Gasteiger partial charge in [0.25, 0.3) is 5.91 Å². The molecule has 1 N–H and O–H groups in total. The van der Waals surface area contributed by atoms with Gasteiger partial charge in [0, 0.05) is 4.88 Å². The molecule has 0 aliphatic heterocycles. The molecule has 1 atom stereocenters. The first kappa shape index (κ1) is 24.8. The molecule has 0 saturated heterocycles. The molecule has 3 aromatic rings. The summed E-state index contributed by atoms with van der Waals surface area (Å²) < 4.78 is 39.3. The van der Waals surface area contributed by atoms with E-state index in [-0.39, 0.29) is 28.5 Å². The monoisotopic (exact) mass is 489 g/mol. The van der Waals surface area contributed by atoms with Gasteiger partial charge >= 0.3 is 18.6 Å². The number of hydrogen-bond donors (Lipinski definition) is 1. The zero-order valence-electron chi connectivity index (χ0n) is 18.2. The normalized spacial score (nSPS) is 11.6. The summed E-state index contributed by atoms with van der Waals surface area (Å²) in [5, 5.41) is 2.86. The Morgan fingerprint density at radius 2 is 1.74 bits per heavy atom. The number of nitrogens with one attached hydrogen (secondary N) is 1. The van der Waals surface area contributed by atoms with Gasteiger partial charge in [0.05, 0.1) is 17.7 Å². The zero-order chi connectivity index (χ0) is 24.7. The fraction of sp³-hybridized carbons (Fsp3) is 0.208. The van der Waals surface area contributed by atoms with Gasteiger partial charge in [-0.05, 0) is 43.7 Å². The average molecular weight is 489 g/mol. The van der Waals surface area contributed by atoms with Crippen LogP contribution in [0.3, 0.4) is 0 Å². The number of benzene rings is 2. The Morgan fingerprint density at radius 3 is 2.41 bits per heavy atom. The molecule has 2 aromatic carbocycles. The van der Waals surface area contributed by atoms with Crippen LogP contribution in [0.2, 0.25) is 0 Å². The molecular formula is C24H21F2NO6S. The molecule has 0 fully saturated rings. The van der Waals surface area contributed by atoms with Crippen molar-refractivity contribution in [2.75, 3.05) is 11.9 Å². The lowest BCUT2D eigenvalue weighted by Crippen LogP contribution is -2.30. The topological polar surface area (TPSA) is 90.9 Å². The standard InChI is InChI=1S/C24H21F2NO6S/c1-3-31-23(30)18-13-19(15-8-5-4-6-9-15)34-21(18)27-20(28)14(2)32-22(29)16-10-7-11-17(12-16)33-24(25)26/h4-14,24H,3H2,1-2H3,(H,27,28)/t14-/m1/s1. The van der Waals surface area contributed by atoms with Gasteiger partial charge in [-0.1, -0.05) is 36.4 Å². The Balaban J connectivity index is 1.74. The molecule has 0 saturated carbocycles. The Morgan fingerprint density at radius 1 is 1.00 bits per heavy atom. The van der Waals surface area contributed by atoms with E-state index < -0.39 is 30.6 Å². The van der Waals surface area contributed by atoms with Crippen molar-refractivity contribution in [3.05, 3.63) is 71.8 Å². The third-order valence-electron chi connectivity index (χ3n) is 4.47. The fourth-order valence-corrected chi connectivity index (χ4v) is 3.94. The molecule has 7 nitrogen and oxygen atoms in total. The average Bonchev–Trinajstić information content (AvgIpc) is 3.23. The van der Waals surface area contributed by atoms with Crippen LogP contribution in [0.1, 0.15) is 34.6 Å². The van der Waals surface area contributed by atoms with Crippen LogP contribution in [0, 0.1) is 0 Å². The summed E-state index contributed by atoms with van der Waals surface area (Å²) in [4.78, 5) is 38.2. The molecule has 0 spiro atoms. The number of rotatable bonds is 9. The van der Waals surface area contributed by atoms with Crippen LogP contribution in [0.15, 0.2) is 60.7 Å². The molecule has 0 aliphatic carbocycles. The first-order valence-corrected chi connectivity index (χ1v) is 11.0. The predicted octanol–water partition coefficient (Wildman–Crippen LogP) is 5.38. The number of carbonyl (C=O) groups is 3. The number of hydrogen-bond acceptors (Lipinski definition) is 7. The molecule has 0 unspecified atom stereocenters. The largest absolute Gasteiger partial charge is 0.462 e. The van der Waals surface area contributed by atoms with Crippen molar-refractivity contribution in [3.8, 4) is 16.2 Å². The fourth-order valence-electron chi connectivity index (χ4n) is 2.88. The molecule has 0 aliphatic rings. The number of thiophene rings is 1. The lowest BCUT2D eigenvalue weighted by Gasteiger charge is -2.14. The first-order chi connectivity index (χ1) is 16.3. The minimum atomic E-state index is -3.05. The zero-order valence-corrected chi connectivity index (χ0v) is 19.1. The van der Waals surface area contributed by atoms with E-state index >= 15 is 0 Å². The van der Waals surface area contributed by atoms with Crippen LogP contribution >= 0.6 is 11.3 Å². The molecule has 10 heteroatoms. The van der Waals surface area contributed by atoms with E-state index in [1.54, 1.807) is 13.0 Å². The molecule has 34 heavy (non-hydrogen) atoms. The molecule has 0 bridgehead atoms. The Labute approximate surface area is 198 Å².